The molecule has 104 valence electrons. The number of hydrogen-bond acceptors (Lipinski definition) is 1. The summed E-state index contributed by atoms with van der Waals surface area (Å²) in [6.45, 7) is 1.62. The Kier molecular flexibility index (Phi) is 3.56. The molecule has 5 heteroatoms. The van der Waals surface area contributed by atoms with Crippen molar-refractivity contribution in [2.75, 3.05) is 0 Å². The van der Waals surface area contributed by atoms with E-state index in [1.807, 2.05) is 0 Å². The van der Waals surface area contributed by atoms with Crippen molar-refractivity contribution in [3.05, 3.63) is 34.6 Å². The molecule has 0 radical (unpaired) electrons. The van der Waals surface area contributed by atoms with Gasteiger partial charge >= 0.3 is 0 Å². The van der Waals surface area contributed by atoms with Crippen LogP contribution in [0.4, 0.5) is 13.2 Å². The molecular formula is C14H16F3NO. The van der Waals surface area contributed by atoms with Crippen molar-refractivity contribution in [2.45, 2.75) is 44.4 Å². The Hall–Kier alpha value is -1.52. The van der Waals surface area contributed by atoms with Gasteiger partial charge < -0.3 is 5.73 Å². The van der Waals surface area contributed by atoms with Gasteiger partial charge in [0.2, 0.25) is 11.8 Å². The largest absolute Gasteiger partial charge is 0.366 e. The number of hydrogen-bond donors (Lipinski definition) is 1. The number of carbonyl (C=O) groups excluding carboxylic acids is 1. The van der Waals surface area contributed by atoms with E-state index in [1.165, 1.54) is 12.1 Å². The molecular weight excluding hydrogens is 255 g/mol. The van der Waals surface area contributed by atoms with Gasteiger partial charge in [-0.2, -0.15) is 0 Å². The molecule has 0 aromatic heterocycles. The SMILES string of the molecule is Cc1c(C(N)=O)ccc(F)c1C1CCC(F)(F)CC1. The van der Waals surface area contributed by atoms with E-state index < -0.39 is 17.6 Å². The molecule has 0 aliphatic heterocycles. The highest BCUT2D eigenvalue weighted by Gasteiger charge is 2.36. The zero-order valence-electron chi connectivity index (χ0n) is 10.7. The maximum atomic E-state index is 13.9. The number of rotatable bonds is 2. The predicted octanol–water partition coefficient (Wildman–Crippen LogP) is 3.53. The van der Waals surface area contributed by atoms with Crippen LogP contribution in [0, 0.1) is 12.7 Å². The Morgan fingerprint density at radius 1 is 1.32 bits per heavy atom. The zero-order valence-corrected chi connectivity index (χ0v) is 10.7. The highest BCUT2D eigenvalue weighted by molar-refractivity contribution is 5.94. The molecule has 0 saturated heterocycles. The second kappa shape index (κ2) is 4.87. The van der Waals surface area contributed by atoms with Gasteiger partial charge in [-0.25, -0.2) is 13.2 Å². The molecule has 0 spiro atoms. The molecule has 2 nitrogen and oxygen atoms in total. The third-order valence-electron chi connectivity index (χ3n) is 3.85. The van der Waals surface area contributed by atoms with Crippen LogP contribution in [0.25, 0.3) is 0 Å². The third-order valence-corrected chi connectivity index (χ3v) is 3.85. The first kappa shape index (κ1) is 13.9. The highest BCUT2D eigenvalue weighted by atomic mass is 19.3. The van der Waals surface area contributed by atoms with Gasteiger partial charge in [0.05, 0.1) is 0 Å². The summed E-state index contributed by atoms with van der Waals surface area (Å²) < 4.78 is 40.2. The Bertz CT molecular complexity index is 504. The first-order valence-corrected chi connectivity index (χ1v) is 6.28. The van der Waals surface area contributed by atoms with E-state index in [2.05, 4.69) is 0 Å². The molecule has 1 aliphatic carbocycles. The molecule has 19 heavy (non-hydrogen) atoms. The summed E-state index contributed by atoms with van der Waals surface area (Å²) in [7, 11) is 0. The molecule has 1 amide bonds. The summed E-state index contributed by atoms with van der Waals surface area (Å²) in [5, 5.41) is 0. The van der Waals surface area contributed by atoms with Crippen LogP contribution in [0.2, 0.25) is 0 Å². The van der Waals surface area contributed by atoms with E-state index in [9.17, 15) is 18.0 Å². The normalized spacial score (nSPS) is 19.4. The quantitative estimate of drug-likeness (QED) is 0.878. The maximum absolute atomic E-state index is 13.9. The highest BCUT2D eigenvalue weighted by Crippen LogP contribution is 2.42. The summed E-state index contributed by atoms with van der Waals surface area (Å²) in [6, 6.07) is 2.53. The van der Waals surface area contributed by atoms with Crippen LogP contribution >= 0.6 is 0 Å². The van der Waals surface area contributed by atoms with Gasteiger partial charge in [-0.1, -0.05) is 0 Å². The second-order valence-corrected chi connectivity index (χ2v) is 5.13. The fourth-order valence-corrected chi connectivity index (χ4v) is 2.79. The number of nitrogens with two attached hydrogens (primary N) is 1. The van der Waals surface area contributed by atoms with Crippen LogP contribution in [-0.4, -0.2) is 11.8 Å². The van der Waals surface area contributed by atoms with Crippen molar-refractivity contribution in [2.24, 2.45) is 5.73 Å². The number of carbonyl (C=O) groups is 1. The van der Waals surface area contributed by atoms with Gasteiger partial charge in [0.15, 0.2) is 0 Å². The van der Waals surface area contributed by atoms with Crippen molar-refractivity contribution >= 4 is 5.91 Å². The van der Waals surface area contributed by atoms with E-state index in [4.69, 9.17) is 5.73 Å². The zero-order chi connectivity index (χ0) is 14.2. The minimum absolute atomic E-state index is 0.229. The van der Waals surface area contributed by atoms with Crippen molar-refractivity contribution in [1.82, 2.24) is 0 Å². The van der Waals surface area contributed by atoms with E-state index in [-0.39, 0.29) is 37.2 Å². The lowest BCUT2D eigenvalue weighted by Crippen LogP contribution is -2.25. The minimum Gasteiger partial charge on any atom is -0.366 e. The van der Waals surface area contributed by atoms with Crippen LogP contribution in [0.5, 0.6) is 0 Å². The summed E-state index contributed by atoms with van der Waals surface area (Å²) in [6.07, 6.45) is -0.0192. The number of benzene rings is 1. The van der Waals surface area contributed by atoms with Gasteiger partial charge in [0, 0.05) is 18.4 Å². The number of amides is 1. The lowest BCUT2D eigenvalue weighted by molar-refractivity contribution is -0.0385. The topological polar surface area (TPSA) is 43.1 Å². The van der Waals surface area contributed by atoms with E-state index in [0.717, 1.165) is 0 Å². The summed E-state index contributed by atoms with van der Waals surface area (Å²) in [5.74, 6) is -3.99. The smallest absolute Gasteiger partial charge is 0.248 e. The van der Waals surface area contributed by atoms with Gasteiger partial charge in [0.1, 0.15) is 5.82 Å². The van der Waals surface area contributed by atoms with Gasteiger partial charge in [-0.05, 0) is 48.9 Å². The molecule has 2 N–H and O–H groups in total. The lowest BCUT2D eigenvalue weighted by Gasteiger charge is -2.30. The average Bonchev–Trinajstić information content (AvgIpc) is 2.30. The van der Waals surface area contributed by atoms with E-state index in [1.54, 1.807) is 6.92 Å². The lowest BCUT2D eigenvalue weighted by atomic mass is 9.79. The Balaban J connectivity index is 2.35. The third kappa shape index (κ3) is 2.74. The maximum Gasteiger partial charge on any atom is 0.248 e. The monoisotopic (exact) mass is 271 g/mol. The first-order valence-electron chi connectivity index (χ1n) is 6.28. The Morgan fingerprint density at radius 3 is 2.42 bits per heavy atom. The van der Waals surface area contributed by atoms with Crippen molar-refractivity contribution in [3.63, 3.8) is 0 Å². The Labute approximate surface area is 109 Å². The average molecular weight is 271 g/mol. The number of halogens is 3. The fraction of sp³-hybridized carbons (Fsp3) is 0.500. The summed E-state index contributed by atoms with van der Waals surface area (Å²) in [4.78, 5) is 11.3. The predicted molar refractivity (Wildman–Crippen MR) is 65.8 cm³/mol. The van der Waals surface area contributed by atoms with Crippen LogP contribution in [0.3, 0.4) is 0 Å². The molecule has 0 bridgehead atoms. The molecule has 0 unspecified atom stereocenters. The van der Waals surface area contributed by atoms with Gasteiger partial charge in [0.25, 0.3) is 0 Å². The van der Waals surface area contributed by atoms with Crippen LogP contribution in [-0.2, 0) is 0 Å². The molecule has 2 rings (SSSR count). The molecule has 1 fully saturated rings. The van der Waals surface area contributed by atoms with Crippen molar-refractivity contribution < 1.29 is 18.0 Å². The van der Waals surface area contributed by atoms with Gasteiger partial charge in [-0.15, -0.1) is 0 Å². The van der Waals surface area contributed by atoms with Crippen LogP contribution < -0.4 is 5.73 Å². The molecule has 1 aromatic rings. The van der Waals surface area contributed by atoms with Crippen LogP contribution in [0.1, 0.15) is 53.1 Å². The molecule has 1 aliphatic rings. The standard InChI is InChI=1S/C14H16F3NO/c1-8-10(13(18)19)2-3-11(15)12(8)9-4-6-14(16,17)7-5-9/h2-3,9H,4-7H2,1H3,(H2,18,19). The van der Waals surface area contributed by atoms with E-state index >= 15 is 0 Å². The summed E-state index contributed by atoms with van der Waals surface area (Å²) >= 11 is 0. The van der Waals surface area contributed by atoms with Crippen LogP contribution in [0.15, 0.2) is 12.1 Å². The fourth-order valence-electron chi connectivity index (χ4n) is 2.79. The van der Waals surface area contributed by atoms with Crippen molar-refractivity contribution in [1.29, 1.82) is 0 Å². The molecule has 1 aromatic carbocycles. The Morgan fingerprint density at radius 2 is 1.89 bits per heavy atom. The first-order chi connectivity index (χ1) is 8.82. The van der Waals surface area contributed by atoms with E-state index in [0.29, 0.717) is 11.1 Å². The van der Waals surface area contributed by atoms with Crippen molar-refractivity contribution in [3.8, 4) is 0 Å². The van der Waals surface area contributed by atoms with Gasteiger partial charge in [-0.3, -0.25) is 4.79 Å². The molecule has 0 heterocycles. The number of primary amides is 1. The second-order valence-electron chi connectivity index (χ2n) is 5.13. The molecule has 1 saturated carbocycles. The molecule has 0 atom stereocenters. The number of alkyl halides is 2. The summed E-state index contributed by atoms with van der Waals surface area (Å²) in [5.41, 5.74) is 6.33. The minimum atomic E-state index is -2.65.